The monoisotopic (exact) mass is 388 g/mol. The van der Waals surface area contributed by atoms with Crippen LogP contribution in [0.2, 0.25) is 0 Å². The Bertz CT molecular complexity index is 1480. The standard InChI is InChI=1S/C20H16N6O3/c1-10-12-8-7-11-5-3-4-6-13(11)16(12)29-15(10)19(28)24-25-20-22-17-14(18(27)23-20)9-21-26(17)2/h3-9H,1-2H3,(H,24,28)(H2,22,23,25,27). The summed E-state index contributed by atoms with van der Waals surface area (Å²) in [4.78, 5) is 31.6. The number of nitrogens with one attached hydrogen (secondary N) is 3. The molecule has 0 unspecified atom stereocenters. The molecule has 144 valence electrons. The molecule has 9 heteroatoms. The minimum absolute atomic E-state index is 0.0960. The van der Waals surface area contributed by atoms with Crippen LogP contribution in [0.1, 0.15) is 16.1 Å². The van der Waals surface area contributed by atoms with E-state index in [1.807, 2.05) is 43.3 Å². The number of benzene rings is 2. The van der Waals surface area contributed by atoms with Gasteiger partial charge in [-0.3, -0.25) is 30.1 Å². The molecule has 3 N–H and O–H groups in total. The van der Waals surface area contributed by atoms with Crippen molar-refractivity contribution in [2.75, 3.05) is 5.43 Å². The van der Waals surface area contributed by atoms with E-state index < -0.39 is 5.91 Å². The van der Waals surface area contributed by atoms with Gasteiger partial charge in [0, 0.05) is 23.4 Å². The molecular formula is C20H16N6O3. The maximum atomic E-state index is 12.7. The van der Waals surface area contributed by atoms with E-state index >= 15 is 0 Å². The molecule has 3 aromatic heterocycles. The normalized spacial score (nSPS) is 11.4. The minimum atomic E-state index is -0.476. The molecule has 0 aliphatic heterocycles. The van der Waals surface area contributed by atoms with Gasteiger partial charge in [-0.25, -0.2) is 0 Å². The number of rotatable bonds is 3. The molecule has 0 saturated carbocycles. The molecule has 3 heterocycles. The van der Waals surface area contributed by atoms with Gasteiger partial charge < -0.3 is 4.42 Å². The highest BCUT2D eigenvalue weighted by Crippen LogP contribution is 2.31. The lowest BCUT2D eigenvalue weighted by atomic mass is 10.1. The number of aromatic nitrogens is 4. The van der Waals surface area contributed by atoms with Gasteiger partial charge in [-0.1, -0.05) is 36.4 Å². The van der Waals surface area contributed by atoms with Gasteiger partial charge in [0.25, 0.3) is 5.56 Å². The number of aryl methyl sites for hydroxylation is 2. The smallest absolute Gasteiger partial charge is 0.305 e. The molecule has 29 heavy (non-hydrogen) atoms. The second-order valence-electron chi connectivity index (χ2n) is 6.72. The predicted molar refractivity (Wildman–Crippen MR) is 109 cm³/mol. The van der Waals surface area contributed by atoms with Crippen molar-refractivity contribution in [2.45, 2.75) is 6.92 Å². The first-order valence-corrected chi connectivity index (χ1v) is 8.92. The van der Waals surface area contributed by atoms with Crippen LogP contribution in [0.15, 0.2) is 51.8 Å². The summed E-state index contributed by atoms with van der Waals surface area (Å²) in [6.07, 6.45) is 1.44. The Balaban J connectivity index is 1.47. The largest absolute Gasteiger partial charge is 0.450 e. The third-order valence-corrected chi connectivity index (χ3v) is 4.93. The average Bonchev–Trinajstić information content (AvgIpc) is 3.27. The van der Waals surface area contributed by atoms with Crippen LogP contribution in [0, 0.1) is 6.92 Å². The number of amides is 1. The van der Waals surface area contributed by atoms with Gasteiger partial charge in [0.15, 0.2) is 11.4 Å². The average molecular weight is 388 g/mol. The summed E-state index contributed by atoms with van der Waals surface area (Å²) in [6, 6.07) is 11.8. The van der Waals surface area contributed by atoms with Crippen LogP contribution in [0.25, 0.3) is 32.8 Å². The quantitative estimate of drug-likeness (QED) is 0.409. The molecule has 5 rings (SSSR count). The number of H-pyrrole nitrogens is 1. The first-order valence-electron chi connectivity index (χ1n) is 8.92. The fraction of sp³-hybridized carbons (Fsp3) is 0.100. The van der Waals surface area contributed by atoms with E-state index in [-0.39, 0.29) is 17.3 Å². The number of nitrogens with zero attached hydrogens (tertiary/aromatic N) is 3. The van der Waals surface area contributed by atoms with E-state index in [4.69, 9.17) is 4.42 Å². The highest BCUT2D eigenvalue weighted by Gasteiger charge is 2.19. The van der Waals surface area contributed by atoms with Gasteiger partial charge in [-0.15, -0.1) is 0 Å². The highest BCUT2D eigenvalue weighted by molar-refractivity contribution is 6.09. The zero-order valence-corrected chi connectivity index (χ0v) is 15.6. The van der Waals surface area contributed by atoms with Crippen molar-refractivity contribution in [2.24, 2.45) is 7.05 Å². The van der Waals surface area contributed by atoms with Crippen LogP contribution in [0.4, 0.5) is 5.95 Å². The number of aromatic amines is 1. The second-order valence-corrected chi connectivity index (χ2v) is 6.72. The molecule has 0 spiro atoms. The zero-order valence-electron chi connectivity index (χ0n) is 15.6. The topological polar surface area (TPSA) is 118 Å². The number of carbonyl (C=O) groups is 1. The molecule has 1 amide bonds. The predicted octanol–water partition coefficient (Wildman–Crippen LogP) is 2.62. The van der Waals surface area contributed by atoms with Gasteiger partial charge >= 0.3 is 5.91 Å². The van der Waals surface area contributed by atoms with Crippen LogP contribution in [-0.2, 0) is 7.05 Å². The van der Waals surface area contributed by atoms with E-state index in [9.17, 15) is 9.59 Å². The van der Waals surface area contributed by atoms with Gasteiger partial charge in [0.2, 0.25) is 5.95 Å². The maximum Gasteiger partial charge on any atom is 0.305 e. The second kappa shape index (κ2) is 6.20. The number of fused-ring (bicyclic) bond motifs is 4. The first-order chi connectivity index (χ1) is 14.0. The number of carbonyl (C=O) groups excluding carboxylic acids is 1. The summed E-state index contributed by atoms with van der Waals surface area (Å²) in [5.74, 6) is -0.193. The molecule has 0 fully saturated rings. The Kier molecular flexibility index (Phi) is 3.63. The van der Waals surface area contributed by atoms with Crippen molar-refractivity contribution < 1.29 is 9.21 Å². The molecule has 0 aliphatic rings. The fourth-order valence-electron chi connectivity index (χ4n) is 3.43. The fourth-order valence-corrected chi connectivity index (χ4v) is 3.43. The summed E-state index contributed by atoms with van der Waals surface area (Å²) >= 11 is 0. The van der Waals surface area contributed by atoms with E-state index in [0.717, 1.165) is 21.7 Å². The number of hydrogen-bond donors (Lipinski definition) is 3. The molecule has 5 aromatic rings. The van der Waals surface area contributed by atoms with Crippen molar-refractivity contribution in [1.82, 2.24) is 25.2 Å². The Morgan fingerprint density at radius 3 is 2.83 bits per heavy atom. The van der Waals surface area contributed by atoms with Crippen LogP contribution in [0.5, 0.6) is 0 Å². The molecule has 0 radical (unpaired) electrons. The van der Waals surface area contributed by atoms with Gasteiger partial charge in [0.1, 0.15) is 11.0 Å². The van der Waals surface area contributed by atoms with Crippen LogP contribution >= 0.6 is 0 Å². The molecular weight excluding hydrogens is 372 g/mol. The summed E-state index contributed by atoms with van der Waals surface area (Å²) in [5.41, 5.74) is 6.59. The Labute approximate surface area is 163 Å². The van der Waals surface area contributed by atoms with Crippen molar-refractivity contribution in [1.29, 1.82) is 0 Å². The number of hydrazine groups is 1. The lowest BCUT2D eigenvalue weighted by Crippen LogP contribution is -2.31. The maximum absolute atomic E-state index is 12.7. The highest BCUT2D eigenvalue weighted by atomic mass is 16.3. The van der Waals surface area contributed by atoms with Crippen LogP contribution in [0.3, 0.4) is 0 Å². The Morgan fingerprint density at radius 2 is 1.97 bits per heavy atom. The van der Waals surface area contributed by atoms with Gasteiger partial charge in [0.05, 0.1) is 6.20 Å². The first kappa shape index (κ1) is 17.0. The lowest BCUT2D eigenvalue weighted by molar-refractivity contribution is 0.0936. The van der Waals surface area contributed by atoms with Crippen LogP contribution < -0.4 is 16.4 Å². The minimum Gasteiger partial charge on any atom is -0.450 e. The summed E-state index contributed by atoms with van der Waals surface area (Å²) in [5, 5.41) is 7.21. The summed E-state index contributed by atoms with van der Waals surface area (Å²) in [7, 11) is 1.68. The van der Waals surface area contributed by atoms with Gasteiger partial charge in [-0.2, -0.15) is 10.1 Å². The molecule has 0 aliphatic carbocycles. The molecule has 2 aromatic carbocycles. The van der Waals surface area contributed by atoms with Crippen molar-refractivity contribution in [3.05, 3.63) is 64.3 Å². The Morgan fingerprint density at radius 1 is 1.14 bits per heavy atom. The van der Waals surface area contributed by atoms with Crippen molar-refractivity contribution in [3.63, 3.8) is 0 Å². The molecule has 9 nitrogen and oxygen atoms in total. The SMILES string of the molecule is Cc1c(C(=O)NNc2nc3c(cnn3C)c(=O)[nH]2)oc2c1ccc1ccccc12. The number of anilines is 1. The van der Waals surface area contributed by atoms with Crippen molar-refractivity contribution >= 4 is 44.6 Å². The summed E-state index contributed by atoms with van der Waals surface area (Å²) in [6.45, 7) is 1.83. The van der Waals surface area contributed by atoms with E-state index in [2.05, 4.69) is 25.9 Å². The van der Waals surface area contributed by atoms with E-state index in [0.29, 0.717) is 16.6 Å². The van der Waals surface area contributed by atoms with E-state index in [1.165, 1.54) is 10.9 Å². The van der Waals surface area contributed by atoms with E-state index in [1.54, 1.807) is 7.05 Å². The summed E-state index contributed by atoms with van der Waals surface area (Å²) < 4.78 is 7.38. The number of furan rings is 1. The molecule has 0 atom stereocenters. The van der Waals surface area contributed by atoms with Crippen LogP contribution in [-0.4, -0.2) is 25.7 Å². The Hall–Kier alpha value is -4.14. The zero-order chi connectivity index (χ0) is 20.1. The lowest BCUT2D eigenvalue weighted by Gasteiger charge is -2.06. The molecule has 0 bridgehead atoms. The third kappa shape index (κ3) is 2.63. The number of hydrogen-bond acceptors (Lipinski definition) is 6. The third-order valence-electron chi connectivity index (χ3n) is 4.93. The van der Waals surface area contributed by atoms with Gasteiger partial charge in [-0.05, 0) is 12.3 Å². The van der Waals surface area contributed by atoms with Crippen molar-refractivity contribution in [3.8, 4) is 0 Å². The molecule has 0 saturated heterocycles.